The minimum absolute atomic E-state index is 0.0945. The number of hydrogen-bond donors (Lipinski definition) is 7. The molecule has 1 aromatic carbocycles. The fourth-order valence-corrected chi connectivity index (χ4v) is 3.17. The summed E-state index contributed by atoms with van der Waals surface area (Å²) in [6.07, 6.45) is 1.22. The quantitative estimate of drug-likeness (QED) is 0.231. The zero-order valence-electron chi connectivity index (χ0n) is 17.0. The number of nitrogens with zero attached hydrogens (tertiary/aromatic N) is 2. The molecule has 0 saturated heterocycles. The van der Waals surface area contributed by atoms with Gasteiger partial charge in [-0.3, -0.25) is 9.59 Å². The molecule has 0 unspecified atom stereocenters. The van der Waals surface area contributed by atoms with Crippen LogP contribution in [0.25, 0.3) is 11.0 Å². The Morgan fingerprint density at radius 1 is 1.06 bits per heavy atom. The zero-order chi connectivity index (χ0) is 23.3. The van der Waals surface area contributed by atoms with Crippen molar-refractivity contribution in [2.24, 2.45) is 0 Å². The Bertz CT molecular complexity index is 1140. The molecule has 0 fully saturated rings. The van der Waals surface area contributed by atoms with Crippen molar-refractivity contribution < 1.29 is 24.6 Å². The smallest absolute Gasteiger partial charge is 0.326 e. The van der Waals surface area contributed by atoms with Crippen LogP contribution in [0.5, 0.6) is 0 Å². The highest BCUT2D eigenvalue weighted by Gasteiger charge is 2.21. The highest BCUT2D eigenvalue weighted by Crippen LogP contribution is 2.22. The van der Waals surface area contributed by atoms with E-state index in [1.807, 2.05) is 0 Å². The standard InChI is InChI=1S/C20H23N7O5/c21-16-15-12(9-24-17(15)27-20(22)26-16)8-23-7-10-1-3-11(4-2-10)18(30)25-13(19(31)32)5-6-14(28)29/h1-4,9,13,23H,5-8H2,(H,25,30)(H,28,29)(H,31,32)(H5,21,22,24,26,27)/t13-/m0/s1. The van der Waals surface area contributed by atoms with Crippen LogP contribution in [0.2, 0.25) is 0 Å². The number of rotatable bonds is 10. The van der Waals surface area contributed by atoms with E-state index in [1.165, 1.54) is 0 Å². The number of amides is 1. The van der Waals surface area contributed by atoms with Gasteiger partial charge in [-0.15, -0.1) is 0 Å². The van der Waals surface area contributed by atoms with Crippen LogP contribution in [0.4, 0.5) is 11.8 Å². The Hall–Kier alpha value is -4.19. The third-order valence-corrected chi connectivity index (χ3v) is 4.77. The summed E-state index contributed by atoms with van der Waals surface area (Å²) in [5, 5.41) is 24.2. The van der Waals surface area contributed by atoms with E-state index in [0.717, 1.165) is 11.1 Å². The van der Waals surface area contributed by atoms with Gasteiger partial charge in [-0.25, -0.2) is 4.79 Å². The zero-order valence-corrected chi connectivity index (χ0v) is 17.0. The molecule has 0 aliphatic carbocycles. The lowest BCUT2D eigenvalue weighted by molar-refractivity contribution is -0.140. The van der Waals surface area contributed by atoms with E-state index in [-0.39, 0.29) is 24.4 Å². The number of aromatic nitrogens is 3. The van der Waals surface area contributed by atoms with Gasteiger partial charge in [0, 0.05) is 31.3 Å². The summed E-state index contributed by atoms with van der Waals surface area (Å²) >= 11 is 0. The molecule has 3 aromatic rings. The molecule has 32 heavy (non-hydrogen) atoms. The first-order valence-electron chi connectivity index (χ1n) is 9.68. The molecule has 0 saturated carbocycles. The normalized spacial score (nSPS) is 11.9. The number of fused-ring (bicyclic) bond motifs is 1. The molecule has 168 valence electrons. The molecule has 0 radical (unpaired) electrons. The Balaban J connectivity index is 1.56. The molecule has 9 N–H and O–H groups in total. The molecule has 3 rings (SSSR count). The predicted molar refractivity (Wildman–Crippen MR) is 115 cm³/mol. The van der Waals surface area contributed by atoms with Gasteiger partial charge in [-0.1, -0.05) is 12.1 Å². The summed E-state index contributed by atoms with van der Waals surface area (Å²) < 4.78 is 0. The first-order chi connectivity index (χ1) is 15.2. The van der Waals surface area contributed by atoms with Gasteiger partial charge in [0.15, 0.2) is 0 Å². The fourth-order valence-electron chi connectivity index (χ4n) is 3.17. The Morgan fingerprint density at radius 2 is 1.78 bits per heavy atom. The summed E-state index contributed by atoms with van der Waals surface area (Å²) in [6.45, 7) is 0.990. The first kappa shape index (κ1) is 22.5. The predicted octanol–water partition coefficient (Wildman–Crippen LogP) is 0.460. The number of carbonyl (C=O) groups is 3. The van der Waals surface area contributed by atoms with Crippen molar-refractivity contribution in [2.45, 2.75) is 32.0 Å². The van der Waals surface area contributed by atoms with Crippen LogP contribution in [0.15, 0.2) is 30.5 Å². The molecule has 1 amide bonds. The minimum atomic E-state index is -1.29. The van der Waals surface area contributed by atoms with Gasteiger partial charge in [-0.05, 0) is 29.7 Å². The van der Waals surface area contributed by atoms with Crippen molar-refractivity contribution in [3.8, 4) is 0 Å². The number of nitrogens with two attached hydrogens (primary N) is 2. The van der Waals surface area contributed by atoms with E-state index in [0.29, 0.717) is 29.9 Å². The summed E-state index contributed by atoms with van der Waals surface area (Å²) in [4.78, 5) is 45.2. The number of nitrogens with one attached hydrogen (secondary N) is 3. The number of carbonyl (C=O) groups excluding carboxylic acids is 1. The largest absolute Gasteiger partial charge is 0.481 e. The average Bonchev–Trinajstić information content (AvgIpc) is 3.14. The van der Waals surface area contributed by atoms with Crippen molar-refractivity contribution in [3.05, 3.63) is 47.2 Å². The summed E-state index contributed by atoms with van der Waals surface area (Å²) in [5.74, 6) is -2.61. The number of aromatic amines is 1. The van der Waals surface area contributed by atoms with Gasteiger partial charge in [0.25, 0.3) is 5.91 Å². The van der Waals surface area contributed by atoms with Crippen LogP contribution in [0.3, 0.4) is 0 Å². The molecule has 12 nitrogen and oxygen atoms in total. The molecule has 12 heteroatoms. The van der Waals surface area contributed by atoms with Crippen LogP contribution in [-0.2, 0) is 22.7 Å². The fraction of sp³-hybridized carbons (Fsp3) is 0.250. The average molecular weight is 441 g/mol. The Labute approximate surface area is 182 Å². The van der Waals surface area contributed by atoms with E-state index in [4.69, 9.17) is 21.7 Å². The number of hydrogen-bond acceptors (Lipinski definition) is 8. The van der Waals surface area contributed by atoms with Gasteiger partial charge in [-0.2, -0.15) is 9.97 Å². The molecule has 0 spiro atoms. The molecule has 0 aliphatic rings. The lowest BCUT2D eigenvalue weighted by atomic mass is 10.1. The molecule has 0 aliphatic heterocycles. The third-order valence-electron chi connectivity index (χ3n) is 4.77. The van der Waals surface area contributed by atoms with Crippen molar-refractivity contribution in [3.63, 3.8) is 0 Å². The lowest BCUT2D eigenvalue weighted by Gasteiger charge is -2.13. The molecule has 2 aromatic heterocycles. The number of anilines is 2. The topological polar surface area (TPSA) is 209 Å². The van der Waals surface area contributed by atoms with Gasteiger partial charge < -0.3 is 37.3 Å². The van der Waals surface area contributed by atoms with E-state index < -0.39 is 23.9 Å². The summed E-state index contributed by atoms with van der Waals surface area (Å²) in [7, 11) is 0. The number of carboxylic acids is 2. The van der Waals surface area contributed by atoms with Crippen LogP contribution >= 0.6 is 0 Å². The molecule has 1 atom stereocenters. The number of aliphatic carboxylic acids is 2. The Kier molecular flexibility index (Phi) is 6.85. The van der Waals surface area contributed by atoms with Gasteiger partial charge in [0.1, 0.15) is 17.5 Å². The SMILES string of the molecule is Nc1nc(N)c2c(CNCc3ccc(C(=O)N[C@@H](CCC(=O)O)C(=O)O)cc3)c[nH]c2n1. The highest BCUT2D eigenvalue weighted by molar-refractivity contribution is 5.96. The second-order valence-electron chi connectivity index (χ2n) is 7.10. The maximum atomic E-state index is 12.3. The monoisotopic (exact) mass is 441 g/mol. The highest BCUT2D eigenvalue weighted by atomic mass is 16.4. The van der Waals surface area contributed by atoms with Crippen molar-refractivity contribution in [2.75, 3.05) is 11.5 Å². The van der Waals surface area contributed by atoms with Crippen LogP contribution in [-0.4, -0.2) is 49.1 Å². The first-order valence-corrected chi connectivity index (χ1v) is 9.68. The van der Waals surface area contributed by atoms with E-state index in [2.05, 4.69) is 25.6 Å². The van der Waals surface area contributed by atoms with Crippen molar-refractivity contribution in [1.29, 1.82) is 0 Å². The molecule has 0 bridgehead atoms. The van der Waals surface area contributed by atoms with Gasteiger partial charge in [0.2, 0.25) is 5.95 Å². The molecular formula is C20H23N7O5. The van der Waals surface area contributed by atoms with E-state index in [1.54, 1.807) is 30.5 Å². The van der Waals surface area contributed by atoms with E-state index in [9.17, 15) is 14.4 Å². The second kappa shape index (κ2) is 9.75. The lowest BCUT2D eigenvalue weighted by Crippen LogP contribution is -2.41. The van der Waals surface area contributed by atoms with E-state index >= 15 is 0 Å². The van der Waals surface area contributed by atoms with Crippen LogP contribution in [0.1, 0.15) is 34.3 Å². The molecule has 2 heterocycles. The van der Waals surface area contributed by atoms with Crippen LogP contribution in [0, 0.1) is 0 Å². The summed E-state index contributed by atoms with van der Waals surface area (Å²) in [5.41, 5.74) is 14.1. The maximum Gasteiger partial charge on any atom is 0.326 e. The van der Waals surface area contributed by atoms with Crippen molar-refractivity contribution in [1.82, 2.24) is 25.6 Å². The van der Waals surface area contributed by atoms with Crippen LogP contribution < -0.4 is 22.1 Å². The van der Waals surface area contributed by atoms with Crippen molar-refractivity contribution >= 4 is 40.6 Å². The maximum absolute atomic E-state index is 12.3. The summed E-state index contributed by atoms with van der Waals surface area (Å²) in [6, 6.07) is 5.35. The van der Waals surface area contributed by atoms with Gasteiger partial charge in [0.05, 0.1) is 5.39 Å². The number of carboxylic acid groups (broad SMARTS) is 2. The second-order valence-corrected chi connectivity index (χ2v) is 7.10. The number of H-pyrrole nitrogens is 1. The Morgan fingerprint density at radius 3 is 2.44 bits per heavy atom. The third kappa shape index (κ3) is 5.49. The van der Waals surface area contributed by atoms with Gasteiger partial charge >= 0.3 is 11.9 Å². The molecular weight excluding hydrogens is 418 g/mol. The number of benzene rings is 1. The number of nitrogen functional groups attached to an aromatic ring is 2. The minimum Gasteiger partial charge on any atom is -0.481 e.